The van der Waals surface area contributed by atoms with E-state index in [0.717, 1.165) is 47.2 Å². The van der Waals surface area contributed by atoms with E-state index in [-0.39, 0.29) is 12.1 Å². The lowest BCUT2D eigenvalue weighted by molar-refractivity contribution is 0.303. The highest BCUT2D eigenvalue weighted by molar-refractivity contribution is 9.10. The molecule has 2 heterocycles. The van der Waals surface area contributed by atoms with Gasteiger partial charge in [-0.2, -0.15) is 4.98 Å². The molecule has 0 radical (unpaired) electrons. The van der Waals surface area contributed by atoms with Gasteiger partial charge in [0.25, 0.3) is 0 Å². The van der Waals surface area contributed by atoms with Gasteiger partial charge >= 0.3 is 0 Å². The monoisotopic (exact) mass is 442 g/mol. The first-order valence-corrected chi connectivity index (χ1v) is 10.4. The number of para-hydroxylation sites is 1. The Kier molecular flexibility index (Phi) is 6.04. The number of unbranched alkanes of at least 4 members (excludes halogenated alkanes) is 1. The Morgan fingerprint density at radius 1 is 1.11 bits per heavy atom. The summed E-state index contributed by atoms with van der Waals surface area (Å²) in [5.41, 5.74) is 8.69. The number of aromatic nitrogens is 2. The highest BCUT2D eigenvalue weighted by Crippen LogP contribution is 2.35. The number of hydrogen-bond acceptors (Lipinski definition) is 6. The SMILES string of the molecule is CCCCOc1ccccc1C1CC(c2nc(-c3ccc(Br)cc3)no2)NN1. The fourth-order valence-corrected chi connectivity index (χ4v) is 3.51. The average molecular weight is 443 g/mol. The van der Waals surface area contributed by atoms with E-state index in [2.05, 4.69) is 49.9 Å². The summed E-state index contributed by atoms with van der Waals surface area (Å²) in [6.45, 7) is 2.90. The smallest absolute Gasteiger partial charge is 0.245 e. The largest absolute Gasteiger partial charge is 0.493 e. The van der Waals surface area contributed by atoms with Crippen LogP contribution in [0, 0.1) is 0 Å². The Hall–Kier alpha value is -2.22. The van der Waals surface area contributed by atoms with E-state index in [0.29, 0.717) is 11.7 Å². The van der Waals surface area contributed by atoms with E-state index >= 15 is 0 Å². The van der Waals surface area contributed by atoms with Crippen LogP contribution in [0.1, 0.15) is 49.7 Å². The number of hydrogen-bond donors (Lipinski definition) is 2. The van der Waals surface area contributed by atoms with Gasteiger partial charge in [0.05, 0.1) is 12.6 Å². The van der Waals surface area contributed by atoms with E-state index in [4.69, 9.17) is 9.26 Å². The van der Waals surface area contributed by atoms with Gasteiger partial charge in [-0.25, -0.2) is 10.9 Å². The second-order valence-electron chi connectivity index (χ2n) is 6.83. The zero-order valence-corrected chi connectivity index (χ0v) is 17.3. The van der Waals surface area contributed by atoms with Crippen molar-refractivity contribution in [2.75, 3.05) is 6.61 Å². The molecule has 3 aromatic rings. The first kappa shape index (κ1) is 19.1. The molecule has 0 bridgehead atoms. The topological polar surface area (TPSA) is 72.2 Å². The van der Waals surface area contributed by atoms with Crippen molar-refractivity contribution < 1.29 is 9.26 Å². The van der Waals surface area contributed by atoms with Crippen LogP contribution in [0.4, 0.5) is 0 Å². The van der Waals surface area contributed by atoms with Crippen LogP contribution in [0.2, 0.25) is 0 Å². The van der Waals surface area contributed by atoms with Crippen molar-refractivity contribution in [3.63, 3.8) is 0 Å². The molecule has 1 fully saturated rings. The molecule has 1 aliphatic heterocycles. The van der Waals surface area contributed by atoms with Gasteiger partial charge in [-0.05, 0) is 43.2 Å². The van der Waals surface area contributed by atoms with Crippen molar-refractivity contribution in [3.8, 4) is 17.1 Å². The molecule has 146 valence electrons. The Morgan fingerprint density at radius 3 is 2.71 bits per heavy atom. The minimum absolute atomic E-state index is 0.0506. The summed E-state index contributed by atoms with van der Waals surface area (Å²) in [6.07, 6.45) is 2.97. The molecule has 6 nitrogen and oxygen atoms in total. The zero-order valence-electron chi connectivity index (χ0n) is 15.7. The highest BCUT2D eigenvalue weighted by atomic mass is 79.9. The van der Waals surface area contributed by atoms with Crippen molar-refractivity contribution in [3.05, 3.63) is 64.5 Å². The van der Waals surface area contributed by atoms with Crippen molar-refractivity contribution in [2.45, 2.75) is 38.3 Å². The van der Waals surface area contributed by atoms with Gasteiger partial charge in [0.2, 0.25) is 11.7 Å². The van der Waals surface area contributed by atoms with Crippen molar-refractivity contribution >= 4 is 15.9 Å². The van der Waals surface area contributed by atoms with E-state index in [9.17, 15) is 0 Å². The predicted octanol–water partition coefficient (Wildman–Crippen LogP) is 4.96. The standard InChI is InChI=1S/C21H23BrN4O2/c1-2-3-12-27-19-7-5-4-6-16(19)17-13-18(25-24-17)21-23-20(26-28-21)14-8-10-15(22)11-9-14/h4-11,17-18,24-25H,2-3,12-13H2,1H3. The number of halogens is 1. The van der Waals surface area contributed by atoms with Gasteiger partial charge in [0, 0.05) is 15.6 Å². The quantitative estimate of drug-likeness (QED) is 0.503. The summed E-state index contributed by atoms with van der Waals surface area (Å²) in [5, 5.41) is 4.13. The van der Waals surface area contributed by atoms with E-state index < -0.39 is 0 Å². The summed E-state index contributed by atoms with van der Waals surface area (Å²) in [5.74, 6) is 2.10. The zero-order chi connectivity index (χ0) is 19.3. The molecule has 1 aliphatic rings. The number of ether oxygens (including phenoxy) is 1. The first-order chi connectivity index (χ1) is 13.7. The van der Waals surface area contributed by atoms with Gasteiger partial charge in [0.1, 0.15) is 11.8 Å². The van der Waals surface area contributed by atoms with Crippen molar-refractivity contribution in [1.82, 2.24) is 21.0 Å². The Bertz CT molecular complexity index is 913. The van der Waals surface area contributed by atoms with Gasteiger partial charge in [-0.3, -0.25) is 0 Å². The molecule has 28 heavy (non-hydrogen) atoms. The maximum Gasteiger partial charge on any atom is 0.245 e. The third kappa shape index (κ3) is 4.27. The summed E-state index contributed by atoms with van der Waals surface area (Å²) in [7, 11) is 0. The molecule has 7 heteroatoms. The highest BCUT2D eigenvalue weighted by Gasteiger charge is 2.31. The minimum Gasteiger partial charge on any atom is -0.493 e. The van der Waals surface area contributed by atoms with Crippen LogP contribution in [0.15, 0.2) is 57.5 Å². The second-order valence-corrected chi connectivity index (χ2v) is 7.75. The molecular formula is C21H23BrN4O2. The van der Waals surface area contributed by atoms with E-state index in [1.165, 1.54) is 0 Å². The lowest BCUT2D eigenvalue weighted by Crippen LogP contribution is -2.27. The summed E-state index contributed by atoms with van der Waals surface area (Å²) in [6, 6.07) is 16.1. The second kappa shape index (κ2) is 8.86. The van der Waals surface area contributed by atoms with Crippen molar-refractivity contribution in [1.29, 1.82) is 0 Å². The summed E-state index contributed by atoms with van der Waals surface area (Å²) in [4.78, 5) is 4.58. The maximum absolute atomic E-state index is 5.98. The Morgan fingerprint density at radius 2 is 1.89 bits per heavy atom. The number of nitrogens with zero attached hydrogens (tertiary/aromatic N) is 2. The molecule has 1 aromatic heterocycles. The summed E-state index contributed by atoms with van der Waals surface area (Å²) >= 11 is 3.44. The molecule has 4 rings (SSSR count). The third-order valence-corrected chi connectivity index (χ3v) is 5.32. The minimum atomic E-state index is -0.0506. The number of hydrazine groups is 1. The van der Waals surface area contributed by atoms with Crippen LogP contribution >= 0.6 is 15.9 Å². The maximum atomic E-state index is 5.98. The summed E-state index contributed by atoms with van der Waals surface area (Å²) < 4.78 is 12.5. The van der Waals surface area contributed by atoms with Crippen molar-refractivity contribution in [2.24, 2.45) is 0 Å². The Labute approximate surface area is 172 Å². The number of rotatable bonds is 7. The predicted molar refractivity (Wildman–Crippen MR) is 111 cm³/mol. The van der Waals surface area contributed by atoms with Gasteiger partial charge in [0.15, 0.2) is 0 Å². The molecule has 0 saturated carbocycles. The molecule has 2 N–H and O–H groups in total. The first-order valence-electron chi connectivity index (χ1n) is 9.57. The lowest BCUT2D eigenvalue weighted by Gasteiger charge is -2.15. The molecule has 1 saturated heterocycles. The fourth-order valence-electron chi connectivity index (χ4n) is 3.24. The Balaban J connectivity index is 1.46. The fraction of sp³-hybridized carbons (Fsp3) is 0.333. The number of nitrogens with one attached hydrogen (secondary N) is 2. The van der Waals surface area contributed by atoms with Crippen LogP contribution in [0.3, 0.4) is 0 Å². The van der Waals surface area contributed by atoms with Crippen LogP contribution in [-0.4, -0.2) is 16.7 Å². The molecule has 0 amide bonds. The van der Waals surface area contributed by atoms with Gasteiger partial charge < -0.3 is 9.26 Å². The van der Waals surface area contributed by atoms with Crippen LogP contribution in [0.25, 0.3) is 11.4 Å². The van der Waals surface area contributed by atoms with Gasteiger partial charge in [-0.1, -0.05) is 52.6 Å². The third-order valence-electron chi connectivity index (χ3n) is 4.80. The number of benzene rings is 2. The molecule has 0 aliphatic carbocycles. The molecule has 2 unspecified atom stereocenters. The van der Waals surface area contributed by atoms with Crippen LogP contribution in [0.5, 0.6) is 5.75 Å². The van der Waals surface area contributed by atoms with Gasteiger partial charge in [-0.15, -0.1) is 0 Å². The molecule has 2 aromatic carbocycles. The van der Waals surface area contributed by atoms with E-state index in [1.54, 1.807) is 0 Å². The molecule has 0 spiro atoms. The normalized spacial score (nSPS) is 19.1. The molecular weight excluding hydrogens is 420 g/mol. The molecule has 2 atom stereocenters. The lowest BCUT2D eigenvalue weighted by atomic mass is 10.0. The average Bonchev–Trinajstić information content (AvgIpc) is 3.39. The van der Waals surface area contributed by atoms with Crippen LogP contribution in [-0.2, 0) is 0 Å². The van der Waals surface area contributed by atoms with E-state index in [1.807, 2.05) is 42.5 Å². The van der Waals surface area contributed by atoms with Crippen LogP contribution < -0.4 is 15.6 Å².